The molecule has 0 spiro atoms. The fraction of sp³-hybridized carbons (Fsp3) is 0.0270. The molecule has 0 aromatic heterocycles. The second-order valence-corrected chi connectivity index (χ2v) is 10.4. The molecule has 0 N–H and O–H groups in total. The van der Waals surface area contributed by atoms with Crippen LogP contribution in [0.1, 0.15) is 5.56 Å². The third-order valence-corrected chi connectivity index (χ3v) is 7.88. The van der Waals surface area contributed by atoms with E-state index in [0.29, 0.717) is 27.5 Å². The summed E-state index contributed by atoms with van der Waals surface area (Å²) in [4.78, 5) is 0. The van der Waals surface area contributed by atoms with Gasteiger partial charge in [-0.3, -0.25) is 0 Å². The first-order chi connectivity index (χ1) is 20.7. The van der Waals surface area contributed by atoms with Gasteiger partial charge in [0.15, 0.2) is 17.5 Å². The van der Waals surface area contributed by atoms with E-state index in [1.54, 1.807) is 18.2 Å². The van der Waals surface area contributed by atoms with Crippen molar-refractivity contribution in [1.29, 1.82) is 0 Å². The first kappa shape index (κ1) is 26.8. The largest absolute Gasteiger partial charge is 0.416 e. The van der Waals surface area contributed by atoms with E-state index in [4.69, 9.17) is 0 Å². The van der Waals surface area contributed by atoms with E-state index in [0.717, 1.165) is 56.9 Å². The molecule has 0 bridgehead atoms. The first-order valence-electron chi connectivity index (χ1n) is 13.5. The molecule has 7 aromatic rings. The van der Waals surface area contributed by atoms with Crippen LogP contribution >= 0.6 is 0 Å². The van der Waals surface area contributed by atoms with Gasteiger partial charge in [0.25, 0.3) is 0 Å². The number of benzene rings is 7. The smallest absolute Gasteiger partial charge is 0.204 e. The predicted molar refractivity (Wildman–Crippen MR) is 160 cm³/mol. The maximum Gasteiger partial charge on any atom is 0.416 e. The Hall–Kier alpha value is -5.10. The van der Waals surface area contributed by atoms with Crippen molar-refractivity contribution in [2.24, 2.45) is 0 Å². The third kappa shape index (κ3) is 4.50. The average molecular weight is 579 g/mol. The van der Waals surface area contributed by atoms with Gasteiger partial charge in [-0.2, -0.15) is 13.2 Å². The monoisotopic (exact) mass is 578 g/mol. The van der Waals surface area contributed by atoms with Crippen molar-refractivity contribution in [2.75, 3.05) is 0 Å². The number of hydrogen-bond donors (Lipinski definition) is 0. The predicted octanol–water partition coefficient (Wildman–Crippen LogP) is 11.6. The van der Waals surface area contributed by atoms with Gasteiger partial charge in [-0.25, -0.2) is 13.2 Å². The van der Waals surface area contributed by atoms with E-state index in [9.17, 15) is 26.3 Å². The molecule has 0 nitrogen and oxygen atoms in total. The minimum atomic E-state index is -4.56. The van der Waals surface area contributed by atoms with Crippen LogP contribution in [-0.2, 0) is 6.18 Å². The summed E-state index contributed by atoms with van der Waals surface area (Å²) in [6, 6.07) is 33.6. The lowest BCUT2D eigenvalue weighted by Crippen LogP contribution is -2.04. The minimum Gasteiger partial charge on any atom is -0.204 e. The van der Waals surface area contributed by atoms with Crippen molar-refractivity contribution in [2.45, 2.75) is 6.18 Å². The van der Waals surface area contributed by atoms with E-state index in [2.05, 4.69) is 0 Å². The number of halogens is 6. The molecule has 0 amide bonds. The van der Waals surface area contributed by atoms with Crippen molar-refractivity contribution < 1.29 is 26.3 Å². The summed E-state index contributed by atoms with van der Waals surface area (Å²) in [5.41, 5.74) is 2.40. The van der Waals surface area contributed by atoms with Crippen LogP contribution in [-0.4, -0.2) is 0 Å². The summed E-state index contributed by atoms with van der Waals surface area (Å²) in [5, 5.41) is 4.90. The fourth-order valence-corrected chi connectivity index (χ4v) is 5.98. The lowest BCUT2D eigenvalue weighted by Gasteiger charge is -2.20. The van der Waals surface area contributed by atoms with E-state index in [1.165, 1.54) is 6.07 Å². The molecule has 0 saturated heterocycles. The van der Waals surface area contributed by atoms with Gasteiger partial charge in [0.1, 0.15) is 0 Å². The Morgan fingerprint density at radius 2 is 1.02 bits per heavy atom. The van der Waals surface area contributed by atoms with Crippen LogP contribution in [0.5, 0.6) is 0 Å². The highest BCUT2D eigenvalue weighted by atomic mass is 19.4. The van der Waals surface area contributed by atoms with Crippen LogP contribution in [0.25, 0.3) is 65.7 Å². The Morgan fingerprint density at radius 1 is 0.419 bits per heavy atom. The third-order valence-electron chi connectivity index (χ3n) is 7.88. The highest BCUT2D eigenvalue weighted by molar-refractivity contribution is 6.24. The lowest BCUT2D eigenvalue weighted by molar-refractivity contribution is -0.137. The zero-order valence-electron chi connectivity index (χ0n) is 22.3. The van der Waals surface area contributed by atoms with Crippen molar-refractivity contribution >= 4 is 32.3 Å². The molecule has 0 radical (unpaired) electrons. The molecule has 0 aliphatic carbocycles. The highest BCUT2D eigenvalue weighted by Gasteiger charge is 2.31. The summed E-state index contributed by atoms with van der Waals surface area (Å²) in [6.07, 6.45) is -4.56. The molecule has 6 heteroatoms. The van der Waals surface area contributed by atoms with Gasteiger partial charge < -0.3 is 0 Å². The van der Waals surface area contributed by atoms with Crippen LogP contribution in [0, 0.1) is 17.5 Å². The standard InChI is InChI=1S/C37H20F6/c38-32-19-24(20-33(39)36(32)40)22-15-16-30-31(18-22)34(23-9-5-10-25(17-23)37(41,42)43)28-12-3-4-13-29(28)35(30)27-14-6-8-21-7-1-2-11-26(21)27/h1-20H. The second-order valence-electron chi connectivity index (χ2n) is 10.4. The Morgan fingerprint density at radius 3 is 1.74 bits per heavy atom. The molecule has 0 aliphatic rings. The Balaban J connectivity index is 1.65. The number of rotatable bonds is 3. The molecule has 0 unspecified atom stereocenters. The molecule has 0 heterocycles. The minimum absolute atomic E-state index is 0.105. The lowest BCUT2D eigenvalue weighted by atomic mass is 9.83. The maximum atomic E-state index is 14.3. The number of alkyl halides is 3. The molecule has 210 valence electrons. The summed E-state index contributed by atoms with van der Waals surface area (Å²) < 4.78 is 83.8. The molecule has 7 rings (SSSR count). The van der Waals surface area contributed by atoms with E-state index in [-0.39, 0.29) is 5.56 Å². The van der Waals surface area contributed by atoms with Gasteiger partial charge in [-0.05, 0) is 96.0 Å². The van der Waals surface area contributed by atoms with E-state index >= 15 is 0 Å². The topological polar surface area (TPSA) is 0 Å². The number of fused-ring (bicyclic) bond motifs is 3. The maximum absolute atomic E-state index is 14.3. The normalized spacial score (nSPS) is 12.0. The quantitative estimate of drug-likeness (QED) is 0.111. The molecule has 0 fully saturated rings. The summed E-state index contributed by atoms with van der Waals surface area (Å²) in [6.45, 7) is 0. The molecular weight excluding hydrogens is 558 g/mol. The van der Waals surface area contributed by atoms with Crippen LogP contribution in [0.4, 0.5) is 26.3 Å². The van der Waals surface area contributed by atoms with Gasteiger partial charge in [-0.1, -0.05) is 91.0 Å². The van der Waals surface area contributed by atoms with E-state index < -0.39 is 29.2 Å². The summed E-state index contributed by atoms with van der Waals surface area (Å²) in [7, 11) is 0. The van der Waals surface area contributed by atoms with Crippen molar-refractivity contribution in [3.8, 4) is 33.4 Å². The molecule has 0 saturated carbocycles. The number of hydrogen-bond acceptors (Lipinski definition) is 0. The molecule has 43 heavy (non-hydrogen) atoms. The van der Waals surface area contributed by atoms with Gasteiger partial charge in [-0.15, -0.1) is 0 Å². The van der Waals surface area contributed by atoms with Gasteiger partial charge in [0.2, 0.25) is 0 Å². The Kier molecular flexibility index (Phi) is 6.24. The Labute approximate surface area is 242 Å². The Bertz CT molecular complexity index is 2180. The molecule has 0 atom stereocenters. The fourth-order valence-electron chi connectivity index (χ4n) is 5.98. The SMILES string of the molecule is Fc1cc(-c2ccc3c(-c4cccc5ccccc45)c4ccccc4c(-c4cccc(C(F)(F)F)c4)c3c2)cc(F)c1F. The zero-order valence-corrected chi connectivity index (χ0v) is 22.3. The summed E-state index contributed by atoms with van der Waals surface area (Å²) >= 11 is 0. The van der Waals surface area contributed by atoms with Gasteiger partial charge >= 0.3 is 6.18 Å². The molecule has 0 aliphatic heterocycles. The van der Waals surface area contributed by atoms with Crippen molar-refractivity contribution in [3.63, 3.8) is 0 Å². The summed E-state index contributed by atoms with van der Waals surface area (Å²) in [5.74, 6) is -4.23. The molecular formula is C37H20F6. The van der Waals surface area contributed by atoms with Crippen LogP contribution in [0.3, 0.4) is 0 Å². The van der Waals surface area contributed by atoms with Crippen molar-refractivity contribution in [1.82, 2.24) is 0 Å². The van der Waals surface area contributed by atoms with E-state index in [1.807, 2.05) is 72.8 Å². The van der Waals surface area contributed by atoms with Crippen molar-refractivity contribution in [3.05, 3.63) is 144 Å². The van der Waals surface area contributed by atoms with Crippen LogP contribution in [0.15, 0.2) is 121 Å². The average Bonchev–Trinajstić information content (AvgIpc) is 3.01. The molecule has 7 aromatic carbocycles. The van der Waals surface area contributed by atoms with Crippen LogP contribution < -0.4 is 0 Å². The second kappa shape index (κ2) is 10.0. The first-order valence-corrected chi connectivity index (χ1v) is 13.5. The zero-order chi connectivity index (χ0) is 29.9. The van der Waals surface area contributed by atoms with Gasteiger partial charge in [0.05, 0.1) is 5.56 Å². The van der Waals surface area contributed by atoms with Crippen LogP contribution in [0.2, 0.25) is 0 Å². The highest BCUT2D eigenvalue weighted by Crippen LogP contribution is 2.47. The van der Waals surface area contributed by atoms with Gasteiger partial charge in [0, 0.05) is 0 Å².